The molecule has 5 nitrogen and oxygen atoms in total. The van der Waals surface area contributed by atoms with Gasteiger partial charge in [0.2, 0.25) is 5.91 Å². The molecule has 2 N–H and O–H groups in total. The van der Waals surface area contributed by atoms with Crippen LogP contribution in [-0.4, -0.2) is 54.6 Å². The quantitative estimate of drug-likeness (QED) is 0.625. The topological polar surface area (TPSA) is 61.4 Å². The van der Waals surface area contributed by atoms with Crippen LogP contribution in [0.15, 0.2) is 18.2 Å². The second kappa shape index (κ2) is 9.05. The number of carbonyl (C=O) groups excluding carboxylic acids is 2. The van der Waals surface area contributed by atoms with E-state index in [1.807, 2.05) is 0 Å². The van der Waals surface area contributed by atoms with Gasteiger partial charge in [0, 0.05) is 17.7 Å². The van der Waals surface area contributed by atoms with Gasteiger partial charge in [-0.2, -0.15) is 13.2 Å². The Morgan fingerprint density at radius 1 is 1.13 bits per heavy atom. The van der Waals surface area contributed by atoms with Crippen LogP contribution in [0.1, 0.15) is 48.0 Å². The van der Waals surface area contributed by atoms with Crippen molar-refractivity contribution in [3.8, 4) is 0 Å². The van der Waals surface area contributed by atoms with Gasteiger partial charge in [0.25, 0.3) is 12.3 Å². The second-order valence-electron chi connectivity index (χ2n) is 8.13. The predicted octanol–water partition coefficient (Wildman–Crippen LogP) is 3.42. The number of hydrogen-bond donors (Lipinski definition) is 2. The number of rotatable bonds is 7. The van der Waals surface area contributed by atoms with Gasteiger partial charge < -0.3 is 10.6 Å². The molecule has 0 atom stereocenters. The van der Waals surface area contributed by atoms with Crippen LogP contribution in [-0.2, 0) is 4.79 Å². The SMILES string of the molecule is O=C(CN1CCC(CNC(=O)c2cc(F)cc(C(F)F)c2)CC1)NC1(C(F)(F)F)CC1. The van der Waals surface area contributed by atoms with E-state index in [1.165, 1.54) is 0 Å². The van der Waals surface area contributed by atoms with Crippen molar-refractivity contribution in [2.45, 2.75) is 43.8 Å². The van der Waals surface area contributed by atoms with Crippen molar-refractivity contribution in [1.82, 2.24) is 15.5 Å². The first-order chi connectivity index (χ1) is 14.5. The fraction of sp³-hybridized carbons (Fsp3) is 0.600. The summed E-state index contributed by atoms with van der Waals surface area (Å²) in [5.41, 5.74) is -2.84. The van der Waals surface area contributed by atoms with E-state index in [1.54, 1.807) is 4.90 Å². The van der Waals surface area contributed by atoms with Gasteiger partial charge in [-0.15, -0.1) is 0 Å². The minimum Gasteiger partial charge on any atom is -0.352 e. The molecule has 0 aromatic heterocycles. The molecule has 1 aromatic rings. The monoisotopic (exact) mass is 451 g/mol. The summed E-state index contributed by atoms with van der Waals surface area (Å²) in [6, 6.07) is 2.50. The molecule has 1 aliphatic heterocycles. The van der Waals surface area contributed by atoms with Crippen LogP contribution in [0, 0.1) is 11.7 Å². The number of hydrogen-bond acceptors (Lipinski definition) is 3. The summed E-state index contributed by atoms with van der Waals surface area (Å²) < 4.78 is 77.7. The van der Waals surface area contributed by atoms with E-state index >= 15 is 0 Å². The Labute approximate surface area is 175 Å². The van der Waals surface area contributed by atoms with E-state index < -0.39 is 41.3 Å². The number of piperidine rings is 1. The number of carbonyl (C=O) groups is 2. The Morgan fingerprint density at radius 3 is 2.32 bits per heavy atom. The van der Waals surface area contributed by atoms with E-state index in [2.05, 4.69) is 10.6 Å². The van der Waals surface area contributed by atoms with Gasteiger partial charge >= 0.3 is 6.18 Å². The average molecular weight is 451 g/mol. The number of likely N-dealkylation sites (tertiary alicyclic amines) is 1. The Bertz CT molecular complexity index is 818. The predicted molar refractivity (Wildman–Crippen MR) is 99.0 cm³/mol. The molecule has 1 aliphatic carbocycles. The summed E-state index contributed by atoms with van der Waals surface area (Å²) in [5, 5.41) is 4.69. The molecule has 0 bridgehead atoms. The van der Waals surface area contributed by atoms with Crippen molar-refractivity contribution in [3.05, 3.63) is 35.1 Å². The highest BCUT2D eigenvalue weighted by molar-refractivity contribution is 5.94. The number of halogens is 6. The standard InChI is InChI=1S/C20H23F6N3O2/c21-15-8-13(17(22)23)7-14(9-15)18(31)27-10-12-1-5-29(6-2-12)11-16(30)28-19(3-4-19)20(24,25)26/h7-9,12,17H,1-6,10-11H2,(H,27,31)(H,28,30). The zero-order valence-corrected chi connectivity index (χ0v) is 16.6. The molecule has 3 rings (SSSR count). The third-order valence-electron chi connectivity index (χ3n) is 5.73. The molecule has 2 aliphatic rings. The highest BCUT2D eigenvalue weighted by Gasteiger charge is 2.64. The molecular formula is C20H23F6N3O2. The molecule has 31 heavy (non-hydrogen) atoms. The third-order valence-corrected chi connectivity index (χ3v) is 5.73. The molecule has 0 spiro atoms. The molecule has 2 fully saturated rings. The van der Waals surface area contributed by atoms with Gasteiger partial charge in [-0.05, 0) is 62.9 Å². The van der Waals surface area contributed by atoms with E-state index in [0.717, 1.165) is 12.1 Å². The number of benzene rings is 1. The molecule has 0 unspecified atom stereocenters. The Kier molecular flexibility index (Phi) is 6.82. The Hall–Kier alpha value is -2.30. The molecule has 2 amide bonds. The number of amides is 2. The number of nitrogens with zero attached hydrogens (tertiary/aromatic N) is 1. The van der Waals surface area contributed by atoms with Crippen LogP contribution in [0.2, 0.25) is 0 Å². The van der Waals surface area contributed by atoms with Gasteiger partial charge in [0.15, 0.2) is 0 Å². The zero-order valence-electron chi connectivity index (χ0n) is 16.6. The lowest BCUT2D eigenvalue weighted by Crippen LogP contribution is -2.51. The summed E-state index contributed by atoms with van der Waals surface area (Å²) in [5.74, 6) is -2.20. The molecular weight excluding hydrogens is 428 g/mol. The molecule has 172 valence electrons. The van der Waals surface area contributed by atoms with Gasteiger partial charge in [-0.25, -0.2) is 13.2 Å². The van der Waals surface area contributed by atoms with E-state index in [-0.39, 0.29) is 37.4 Å². The summed E-state index contributed by atoms with van der Waals surface area (Å²) in [6.07, 6.45) is -6.35. The van der Waals surface area contributed by atoms with E-state index in [4.69, 9.17) is 0 Å². The van der Waals surface area contributed by atoms with Crippen molar-refractivity contribution >= 4 is 11.8 Å². The van der Waals surface area contributed by atoms with Gasteiger partial charge in [0.05, 0.1) is 6.54 Å². The molecule has 1 heterocycles. The first kappa shape index (κ1) is 23.4. The summed E-state index contributed by atoms with van der Waals surface area (Å²) >= 11 is 0. The molecule has 0 radical (unpaired) electrons. The van der Waals surface area contributed by atoms with Crippen LogP contribution in [0.4, 0.5) is 26.3 Å². The van der Waals surface area contributed by atoms with Crippen LogP contribution in [0.25, 0.3) is 0 Å². The van der Waals surface area contributed by atoms with Gasteiger partial charge in [0.1, 0.15) is 11.4 Å². The zero-order chi connectivity index (χ0) is 22.8. The number of alkyl halides is 5. The maximum absolute atomic E-state index is 13.4. The summed E-state index contributed by atoms with van der Waals surface area (Å²) in [4.78, 5) is 25.9. The first-order valence-electron chi connectivity index (χ1n) is 9.96. The highest BCUT2D eigenvalue weighted by atomic mass is 19.4. The van der Waals surface area contributed by atoms with E-state index in [9.17, 15) is 35.9 Å². The second-order valence-corrected chi connectivity index (χ2v) is 8.13. The lowest BCUT2D eigenvalue weighted by atomic mass is 9.96. The normalized spacial score (nSPS) is 19.3. The molecule has 11 heteroatoms. The molecule has 1 saturated carbocycles. The minimum atomic E-state index is -4.45. The lowest BCUT2D eigenvalue weighted by molar-refractivity contribution is -0.170. The minimum absolute atomic E-state index is 0.0522. The fourth-order valence-electron chi connectivity index (χ4n) is 3.67. The van der Waals surface area contributed by atoms with Gasteiger partial charge in [-0.1, -0.05) is 0 Å². The van der Waals surface area contributed by atoms with Crippen molar-refractivity contribution in [2.24, 2.45) is 5.92 Å². The van der Waals surface area contributed by atoms with Gasteiger partial charge in [-0.3, -0.25) is 14.5 Å². The summed E-state index contributed by atoms with van der Waals surface area (Å²) in [7, 11) is 0. The fourth-order valence-corrected chi connectivity index (χ4v) is 3.67. The van der Waals surface area contributed by atoms with Crippen LogP contribution < -0.4 is 10.6 Å². The Morgan fingerprint density at radius 2 is 1.77 bits per heavy atom. The largest absolute Gasteiger partial charge is 0.411 e. The maximum Gasteiger partial charge on any atom is 0.411 e. The first-order valence-corrected chi connectivity index (χ1v) is 9.96. The van der Waals surface area contributed by atoms with Crippen LogP contribution in [0.3, 0.4) is 0 Å². The van der Waals surface area contributed by atoms with Crippen LogP contribution in [0.5, 0.6) is 0 Å². The smallest absolute Gasteiger partial charge is 0.352 e. The average Bonchev–Trinajstić information content (AvgIpc) is 3.47. The molecule has 1 aromatic carbocycles. The lowest BCUT2D eigenvalue weighted by Gasteiger charge is -2.32. The van der Waals surface area contributed by atoms with Crippen molar-refractivity contribution in [2.75, 3.05) is 26.2 Å². The van der Waals surface area contributed by atoms with Crippen LogP contribution >= 0.6 is 0 Å². The molecule has 1 saturated heterocycles. The summed E-state index contributed by atoms with van der Waals surface area (Å²) in [6.45, 7) is 1.07. The number of nitrogens with one attached hydrogen (secondary N) is 2. The highest BCUT2D eigenvalue weighted by Crippen LogP contribution is 2.48. The van der Waals surface area contributed by atoms with Crippen molar-refractivity contribution < 1.29 is 35.9 Å². The van der Waals surface area contributed by atoms with Crippen molar-refractivity contribution in [1.29, 1.82) is 0 Å². The van der Waals surface area contributed by atoms with Crippen molar-refractivity contribution in [3.63, 3.8) is 0 Å². The van der Waals surface area contributed by atoms with E-state index in [0.29, 0.717) is 32.0 Å². The third kappa shape index (κ3) is 5.90. The Balaban J connectivity index is 1.41. The maximum atomic E-state index is 13.4.